The molecule has 0 aromatic heterocycles. The molecule has 2 heteroatoms. The molecule has 1 N–H and O–H groups in total. The molecule has 0 heterocycles. The quantitative estimate of drug-likeness (QED) is 0.756. The van der Waals surface area contributed by atoms with Crippen molar-refractivity contribution in [3.05, 3.63) is 0 Å². The summed E-state index contributed by atoms with van der Waals surface area (Å²) in [7, 11) is 4.46. The van der Waals surface area contributed by atoms with E-state index in [1.807, 2.05) is 0 Å². The average Bonchev–Trinajstić information content (AvgIpc) is 2.37. The Hall–Kier alpha value is -0.0800. The summed E-state index contributed by atoms with van der Waals surface area (Å²) in [6, 6.07) is 1.44. The molecule has 4 unspecified atom stereocenters. The van der Waals surface area contributed by atoms with Gasteiger partial charge in [-0.2, -0.15) is 0 Å². The second-order valence-electron chi connectivity index (χ2n) is 7.16. The van der Waals surface area contributed by atoms with Crippen LogP contribution in [-0.4, -0.2) is 37.6 Å². The topological polar surface area (TPSA) is 15.3 Å². The van der Waals surface area contributed by atoms with Crippen LogP contribution in [0.2, 0.25) is 0 Å². The summed E-state index contributed by atoms with van der Waals surface area (Å²) >= 11 is 0. The molecule has 0 saturated heterocycles. The van der Waals surface area contributed by atoms with Crippen molar-refractivity contribution < 1.29 is 0 Å². The molecule has 0 aromatic rings. The highest BCUT2D eigenvalue weighted by Gasteiger charge is 2.30. The summed E-state index contributed by atoms with van der Waals surface area (Å²) < 4.78 is 0. The van der Waals surface area contributed by atoms with Crippen LogP contribution in [-0.2, 0) is 0 Å². The summed E-state index contributed by atoms with van der Waals surface area (Å²) in [6.45, 7) is 10.7. The van der Waals surface area contributed by atoms with Crippen LogP contribution in [0.4, 0.5) is 0 Å². The Balaban J connectivity index is 2.50. The molecule has 1 aliphatic rings. The fourth-order valence-electron chi connectivity index (χ4n) is 3.73. The molecule has 0 aliphatic heterocycles. The van der Waals surface area contributed by atoms with E-state index < -0.39 is 0 Å². The molecule has 2 nitrogen and oxygen atoms in total. The molecule has 19 heavy (non-hydrogen) atoms. The highest BCUT2D eigenvalue weighted by molar-refractivity contribution is 4.86. The summed E-state index contributed by atoms with van der Waals surface area (Å²) in [5, 5.41) is 3.56. The molecule has 0 amide bonds. The number of nitrogens with zero attached hydrogens (tertiary/aromatic N) is 1. The first-order chi connectivity index (χ1) is 8.97. The maximum atomic E-state index is 3.56. The van der Waals surface area contributed by atoms with E-state index in [0.29, 0.717) is 6.04 Å². The zero-order chi connectivity index (χ0) is 14.4. The van der Waals surface area contributed by atoms with Gasteiger partial charge in [-0.3, -0.25) is 0 Å². The zero-order valence-corrected chi connectivity index (χ0v) is 14.1. The minimum Gasteiger partial charge on any atom is -0.317 e. The number of nitrogens with one attached hydrogen (secondary N) is 1. The van der Waals surface area contributed by atoms with E-state index in [4.69, 9.17) is 0 Å². The fourth-order valence-corrected chi connectivity index (χ4v) is 3.73. The summed E-state index contributed by atoms with van der Waals surface area (Å²) in [5.41, 5.74) is 0. The van der Waals surface area contributed by atoms with Crippen LogP contribution >= 0.6 is 0 Å². The molecule has 0 aromatic carbocycles. The molecular weight excluding hydrogens is 232 g/mol. The number of hydrogen-bond donors (Lipinski definition) is 1. The molecular formula is C17H36N2. The smallest absolute Gasteiger partial charge is 0.0105 e. The Kier molecular flexibility index (Phi) is 7.38. The van der Waals surface area contributed by atoms with Gasteiger partial charge in [0, 0.05) is 18.6 Å². The second kappa shape index (κ2) is 8.26. The van der Waals surface area contributed by atoms with Gasteiger partial charge >= 0.3 is 0 Å². The molecule has 1 fully saturated rings. The minimum atomic E-state index is 0.708. The SMILES string of the molecule is CCC1CCC(NC)C(CN(C)C(C)CC(C)C)C1. The third kappa shape index (κ3) is 5.43. The normalized spacial score (nSPS) is 30.0. The van der Waals surface area contributed by atoms with Gasteiger partial charge in [-0.05, 0) is 64.5 Å². The highest BCUT2D eigenvalue weighted by Crippen LogP contribution is 2.32. The van der Waals surface area contributed by atoms with Crippen LogP contribution in [0.15, 0.2) is 0 Å². The minimum absolute atomic E-state index is 0.708. The van der Waals surface area contributed by atoms with Gasteiger partial charge in [0.1, 0.15) is 0 Å². The van der Waals surface area contributed by atoms with Crippen molar-refractivity contribution in [2.24, 2.45) is 17.8 Å². The Bertz CT molecular complexity index is 239. The van der Waals surface area contributed by atoms with Crippen molar-refractivity contribution in [3.8, 4) is 0 Å². The molecule has 114 valence electrons. The van der Waals surface area contributed by atoms with Gasteiger partial charge < -0.3 is 10.2 Å². The van der Waals surface area contributed by atoms with Crippen LogP contribution < -0.4 is 5.32 Å². The summed E-state index contributed by atoms with van der Waals surface area (Å²) in [4.78, 5) is 2.59. The van der Waals surface area contributed by atoms with Crippen molar-refractivity contribution in [2.75, 3.05) is 20.6 Å². The summed E-state index contributed by atoms with van der Waals surface area (Å²) in [5.74, 6) is 2.60. The maximum absolute atomic E-state index is 3.56. The first-order valence-corrected chi connectivity index (χ1v) is 8.35. The van der Waals surface area contributed by atoms with Crippen LogP contribution in [0.3, 0.4) is 0 Å². The van der Waals surface area contributed by atoms with Crippen molar-refractivity contribution in [1.82, 2.24) is 10.2 Å². The second-order valence-corrected chi connectivity index (χ2v) is 7.16. The lowest BCUT2D eigenvalue weighted by Gasteiger charge is -2.39. The maximum Gasteiger partial charge on any atom is 0.0105 e. The van der Waals surface area contributed by atoms with Crippen LogP contribution in [0.25, 0.3) is 0 Å². The van der Waals surface area contributed by atoms with Crippen molar-refractivity contribution in [3.63, 3.8) is 0 Å². The number of hydrogen-bond acceptors (Lipinski definition) is 2. The standard InChI is InChI=1S/C17H36N2/c1-7-15-8-9-17(18-5)16(11-15)12-19(6)14(4)10-13(2)3/h13-18H,7-12H2,1-6H3. The van der Waals surface area contributed by atoms with Gasteiger partial charge in [0.15, 0.2) is 0 Å². The predicted octanol–water partition coefficient (Wildman–Crippen LogP) is 3.77. The van der Waals surface area contributed by atoms with Gasteiger partial charge in [0.05, 0.1) is 0 Å². The van der Waals surface area contributed by atoms with Crippen LogP contribution in [0.5, 0.6) is 0 Å². The highest BCUT2D eigenvalue weighted by atomic mass is 15.1. The Labute approximate surface area is 121 Å². The van der Waals surface area contributed by atoms with Gasteiger partial charge in [-0.15, -0.1) is 0 Å². The van der Waals surface area contributed by atoms with Crippen LogP contribution in [0, 0.1) is 17.8 Å². The fraction of sp³-hybridized carbons (Fsp3) is 1.00. The van der Waals surface area contributed by atoms with E-state index in [1.54, 1.807) is 0 Å². The Morgan fingerprint density at radius 1 is 1.21 bits per heavy atom. The molecule has 1 saturated carbocycles. The molecule has 0 radical (unpaired) electrons. The predicted molar refractivity (Wildman–Crippen MR) is 85.5 cm³/mol. The number of rotatable bonds is 7. The van der Waals surface area contributed by atoms with Crippen molar-refractivity contribution in [2.45, 2.75) is 71.9 Å². The lowest BCUT2D eigenvalue weighted by atomic mass is 9.76. The average molecular weight is 268 g/mol. The van der Waals surface area contributed by atoms with E-state index in [9.17, 15) is 0 Å². The van der Waals surface area contributed by atoms with Gasteiger partial charge in [-0.25, -0.2) is 0 Å². The molecule has 1 aliphatic carbocycles. The third-order valence-corrected chi connectivity index (χ3v) is 5.13. The van der Waals surface area contributed by atoms with E-state index in [1.165, 1.54) is 38.6 Å². The van der Waals surface area contributed by atoms with Gasteiger partial charge in [0.2, 0.25) is 0 Å². The van der Waals surface area contributed by atoms with Gasteiger partial charge in [-0.1, -0.05) is 27.2 Å². The molecule has 4 atom stereocenters. The molecule has 0 bridgehead atoms. The van der Waals surface area contributed by atoms with E-state index in [2.05, 4.69) is 52.0 Å². The Morgan fingerprint density at radius 2 is 1.89 bits per heavy atom. The zero-order valence-electron chi connectivity index (χ0n) is 14.1. The van der Waals surface area contributed by atoms with E-state index in [-0.39, 0.29) is 0 Å². The van der Waals surface area contributed by atoms with Crippen LogP contribution in [0.1, 0.15) is 59.8 Å². The lowest BCUT2D eigenvalue weighted by molar-refractivity contribution is 0.128. The third-order valence-electron chi connectivity index (χ3n) is 5.13. The monoisotopic (exact) mass is 268 g/mol. The molecule has 1 rings (SSSR count). The lowest BCUT2D eigenvalue weighted by Crippen LogP contribution is -2.45. The van der Waals surface area contributed by atoms with E-state index >= 15 is 0 Å². The van der Waals surface area contributed by atoms with Crippen molar-refractivity contribution >= 4 is 0 Å². The first-order valence-electron chi connectivity index (χ1n) is 8.35. The van der Waals surface area contributed by atoms with Gasteiger partial charge in [0.25, 0.3) is 0 Å². The Morgan fingerprint density at radius 3 is 2.42 bits per heavy atom. The summed E-state index contributed by atoms with van der Waals surface area (Å²) in [6.07, 6.45) is 6.87. The van der Waals surface area contributed by atoms with Crippen molar-refractivity contribution in [1.29, 1.82) is 0 Å². The molecule has 0 spiro atoms. The van der Waals surface area contributed by atoms with E-state index in [0.717, 1.165) is 23.8 Å². The largest absolute Gasteiger partial charge is 0.317 e. The first kappa shape index (κ1) is 17.0.